The highest BCUT2D eigenvalue weighted by molar-refractivity contribution is 6.01. The number of rotatable bonds is 1. The third-order valence-electron chi connectivity index (χ3n) is 3.10. The molecule has 0 unspecified atom stereocenters. The highest BCUT2D eigenvalue weighted by atomic mass is 16.6. The van der Waals surface area contributed by atoms with Crippen molar-refractivity contribution in [3.8, 4) is 0 Å². The molecule has 0 bridgehead atoms. The molecule has 1 heterocycles. The number of fused-ring (bicyclic) bond motifs is 1. The van der Waals surface area contributed by atoms with Crippen molar-refractivity contribution in [2.75, 3.05) is 11.9 Å². The van der Waals surface area contributed by atoms with Crippen LogP contribution in [0, 0.1) is 0 Å². The van der Waals surface area contributed by atoms with Gasteiger partial charge in [-0.05, 0) is 32.4 Å². The van der Waals surface area contributed by atoms with Crippen LogP contribution in [0.25, 0.3) is 0 Å². The van der Waals surface area contributed by atoms with Gasteiger partial charge in [-0.1, -0.05) is 18.2 Å². The molecular formula is C15H20N2O3. The number of para-hydroxylation sites is 1. The number of nitrogens with zero attached hydrogens (tertiary/aromatic N) is 1. The summed E-state index contributed by atoms with van der Waals surface area (Å²) in [6.45, 7) is 5.37. The van der Waals surface area contributed by atoms with Crippen LogP contribution in [0.5, 0.6) is 0 Å². The normalized spacial score (nSPS) is 18.5. The van der Waals surface area contributed by atoms with E-state index in [1.807, 2.05) is 24.3 Å². The molecule has 0 saturated carbocycles. The molecule has 0 spiro atoms. The van der Waals surface area contributed by atoms with E-state index in [9.17, 15) is 9.59 Å². The topological polar surface area (TPSA) is 58.6 Å². The monoisotopic (exact) mass is 276 g/mol. The van der Waals surface area contributed by atoms with Crippen molar-refractivity contribution in [2.24, 2.45) is 0 Å². The van der Waals surface area contributed by atoms with Crippen molar-refractivity contribution in [1.29, 1.82) is 0 Å². The number of amides is 2. The maximum atomic E-state index is 12.2. The van der Waals surface area contributed by atoms with Gasteiger partial charge in [-0.15, -0.1) is 0 Å². The molecule has 5 nitrogen and oxygen atoms in total. The minimum absolute atomic E-state index is 0.130. The zero-order chi connectivity index (χ0) is 14.9. The maximum Gasteiger partial charge on any atom is 0.408 e. The molecule has 0 saturated heterocycles. The summed E-state index contributed by atoms with van der Waals surface area (Å²) in [5.41, 5.74) is 1.35. The Labute approximate surface area is 118 Å². The van der Waals surface area contributed by atoms with Crippen LogP contribution < -0.4 is 10.2 Å². The molecule has 5 heteroatoms. The lowest BCUT2D eigenvalue weighted by Crippen LogP contribution is -2.52. The zero-order valence-corrected chi connectivity index (χ0v) is 12.3. The SMILES string of the molecule is CN1C(=O)[C@H](NC(=O)OC(C)(C)C)Cc2ccccc21. The molecule has 108 valence electrons. The second kappa shape index (κ2) is 5.15. The number of hydrogen-bond acceptors (Lipinski definition) is 3. The molecule has 0 aromatic heterocycles. The van der Waals surface area contributed by atoms with Crippen LogP contribution in [-0.2, 0) is 16.0 Å². The fourth-order valence-electron chi connectivity index (χ4n) is 2.23. The predicted octanol–water partition coefficient (Wildman–Crippen LogP) is 2.10. The van der Waals surface area contributed by atoms with Gasteiger partial charge >= 0.3 is 6.09 Å². The Kier molecular flexibility index (Phi) is 3.70. The fourth-order valence-corrected chi connectivity index (χ4v) is 2.23. The molecule has 1 aliphatic heterocycles. The number of anilines is 1. The van der Waals surface area contributed by atoms with Crippen LogP contribution in [0.4, 0.5) is 10.5 Å². The standard InChI is InChI=1S/C15H20N2O3/c1-15(2,3)20-14(19)16-11-9-10-7-5-6-8-12(10)17(4)13(11)18/h5-8,11H,9H2,1-4H3,(H,16,19)/t11-/m1/s1. The first kappa shape index (κ1) is 14.4. The van der Waals surface area contributed by atoms with E-state index in [2.05, 4.69) is 5.32 Å². The first-order valence-electron chi connectivity index (χ1n) is 6.63. The van der Waals surface area contributed by atoms with Crippen LogP contribution in [0.1, 0.15) is 26.3 Å². The van der Waals surface area contributed by atoms with Crippen molar-refractivity contribution in [3.63, 3.8) is 0 Å². The van der Waals surface area contributed by atoms with Crippen molar-refractivity contribution in [1.82, 2.24) is 5.32 Å². The first-order valence-corrected chi connectivity index (χ1v) is 6.63. The number of benzene rings is 1. The largest absolute Gasteiger partial charge is 0.444 e. The van der Waals surface area contributed by atoms with Gasteiger partial charge in [0.1, 0.15) is 11.6 Å². The summed E-state index contributed by atoms with van der Waals surface area (Å²) in [5, 5.41) is 2.64. The van der Waals surface area contributed by atoms with Crippen LogP contribution in [0.3, 0.4) is 0 Å². The Morgan fingerprint density at radius 3 is 2.65 bits per heavy atom. The fraction of sp³-hybridized carbons (Fsp3) is 0.467. The van der Waals surface area contributed by atoms with Crippen molar-refractivity contribution in [2.45, 2.75) is 38.8 Å². The number of alkyl carbamates (subject to hydrolysis) is 1. The summed E-state index contributed by atoms with van der Waals surface area (Å²) in [6.07, 6.45) is -0.0814. The molecule has 0 fully saturated rings. The van der Waals surface area contributed by atoms with Gasteiger partial charge in [0.25, 0.3) is 0 Å². The van der Waals surface area contributed by atoms with E-state index in [0.29, 0.717) is 6.42 Å². The van der Waals surface area contributed by atoms with E-state index in [1.165, 1.54) is 0 Å². The van der Waals surface area contributed by atoms with E-state index in [1.54, 1.807) is 32.7 Å². The van der Waals surface area contributed by atoms with Gasteiger partial charge in [-0.2, -0.15) is 0 Å². The number of nitrogens with one attached hydrogen (secondary N) is 1. The second-order valence-corrected chi connectivity index (χ2v) is 5.93. The van der Waals surface area contributed by atoms with E-state index >= 15 is 0 Å². The van der Waals surface area contributed by atoms with Crippen LogP contribution in [-0.4, -0.2) is 30.7 Å². The summed E-state index contributed by atoms with van der Waals surface area (Å²) in [5.74, 6) is -0.130. The van der Waals surface area contributed by atoms with Crippen molar-refractivity contribution < 1.29 is 14.3 Å². The summed E-state index contributed by atoms with van der Waals surface area (Å²) in [4.78, 5) is 25.6. The predicted molar refractivity (Wildman–Crippen MR) is 76.7 cm³/mol. The minimum Gasteiger partial charge on any atom is -0.444 e. The van der Waals surface area contributed by atoms with E-state index in [-0.39, 0.29) is 5.91 Å². The van der Waals surface area contributed by atoms with E-state index < -0.39 is 17.7 Å². The summed E-state index contributed by atoms with van der Waals surface area (Å²) >= 11 is 0. The number of hydrogen-bond donors (Lipinski definition) is 1. The zero-order valence-electron chi connectivity index (χ0n) is 12.3. The van der Waals surface area contributed by atoms with Gasteiger partial charge in [0, 0.05) is 19.2 Å². The van der Waals surface area contributed by atoms with Gasteiger partial charge < -0.3 is 15.0 Å². The minimum atomic E-state index is -0.579. The molecule has 0 aliphatic carbocycles. The average Bonchev–Trinajstić information content (AvgIpc) is 2.33. The lowest BCUT2D eigenvalue weighted by molar-refractivity contribution is -0.120. The number of carbonyl (C=O) groups excluding carboxylic acids is 2. The molecule has 2 amide bonds. The molecule has 2 rings (SSSR count). The molecule has 1 aromatic carbocycles. The van der Waals surface area contributed by atoms with Gasteiger partial charge in [0.2, 0.25) is 5.91 Å². The summed E-state index contributed by atoms with van der Waals surface area (Å²) in [6, 6.07) is 7.10. The van der Waals surface area contributed by atoms with Crippen LogP contribution in [0.15, 0.2) is 24.3 Å². The summed E-state index contributed by atoms with van der Waals surface area (Å²) < 4.78 is 5.19. The Morgan fingerprint density at radius 1 is 1.35 bits per heavy atom. The van der Waals surface area contributed by atoms with Crippen LogP contribution >= 0.6 is 0 Å². The lowest BCUT2D eigenvalue weighted by Gasteiger charge is -2.32. The molecule has 1 aliphatic rings. The third kappa shape index (κ3) is 3.10. The maximum absolute atomic E-state index is 12.2. The molecule has 1 N–H and O–H groups in total. The van der Waals surface area contributed by atoms with E-state index in [4.69, 9.17) is 4.74 Å². The van der Waals surface area contributed by atoms with Gasteiger partial charge in [0.15, 0.2) is 0 Å². The van der Waals surface area contributed by atoms with E-state index in [0.717, 1.165) is 11.3 Å². The Hall–Kier alpha value is -2.04. The third-order valence-corrected chi connectivity index (χ3v) is 3.10. The second-order valence-electron chi connectivity index (χ2n) is 5.93. The molecule has 1 aromatic rings. The Balaban J connectivity index is 2.12. The molecule has 20 heavy (non-hydrogen) atoms. The highest BCUT2D eigenvalue weighted by Crippen LogP contribution is 2.26. The van der Waals surface area contributed by atoms with Gasteiger partial charge in [-0.25, -0.2) is 4.79 Å². The quantitative estimate of drug-likeness (QED) is 0.854. The highest BCUT2D eigenvalue weighted by Gasteiger charge is 2.32. The molecular weight excluding hydrogens is 256 g/mol. The number of likely N-dealkylation sites (N-methyl/N-ethyl adjacent to an activating group) is 1. The van der Waals surface area contributed by atoms with Crippen molar-refractivity contribution >= 4 is 17.7 Å². The first-order chi connectivity index (χ1) is 9.28. The molecule has 1 atom stereocenters. The molecule has 0 radical (unpaired) electrons. The van der Waals surface area contributed by atoms with Crippen LogP contribution in [0.2, 0.25) is 0 Å². The Bertz CT molecular complexity index is 534. The van der Waals surface area contributed by atoms with Crippen molar-refractivity contribution in [3.05, 3.63) is 29.8 Å². The van der Waals surface area contributed by atoms with Gasteiger partial charge in [0.05, 0.1) is 0 Å². The smallest absolute Gasteiger partial charge is 0.408 e. The van der Waals surface area contributed by atoms with Gasteiger partial charge in [-0.3, -0.25) is 4.79 Å². The Morgan fingerprint density at radius 2 is 2.00 bits per heavy atom. The summed E-state index contributed by atoms with van der Waals surface area (Å²) in [7, 11) is 1.71. The lowest BCUT2D eigenvalue weighted by atomic mass is 9.98. The number of carbonyl (C=O) groups is 2. The number of ether oxygens (including phenoxy) is 1. The average molecular weight is 276 g/mol.